The summed E-state index contributed by atoms with van der Waals surface area (Å²) in [5, 5.41) is 0. The Morgan fingerprint density at radius 2 is 2.40 bits per heavy atom. The Balaban J connectivity index is 2.19. The second kappa shape index (κ2) is 4.45. The molecular formula is C12H16N2O. The van der Waals surface area contributed by atoms with Gasteiger partial charge in [0.25, 0.3) is 0 Å². The Kier molecular flexibility index (Phi) is 3.02. The topological polar surface area (TPSA) is 48.1 Å². The minimum Gasteiger partial charge on any atom is -0.501 e. The van der Waals surface area contributed by atoms with Gasteiger partial charge in [0.05, 0.1) is 24.6 Å². The third kappa shape index (κ3) is 2.36. The van der Waals surface area contributed by atoms with Crippen LogP contribution in [0.4, 0.5) is 0 Å². The highest BCUT2D eigenvalue weighted by Crippen LogP contribution is 2.24. The summed E-state index contributed by atoms with van der Waals surface area (Å²) in [6.07, 6.45) is 5.65. The van der Waals surface area contributed by atoms with Crippen LogP contribution in [-0.2, 0) is 4.74 Å². The van der Waals surface area contributed by atoms with Gasteiger partial charge in [0, 0.05) is 6.20 Å². The molecule has 3 nitrogen and oxygen atoms in total. The normalized spacial score (nSPS) is 17.9. The molecule has 1 atom stereocenters. The van der Waals surface area contributed by atoms with Crippen molar-refractivity contribution in [1.29, 1.82) is 0 Å². The lowest BCUT2D eigenvalue weighted by Crippen LogP contribution is -2.17. The van der Waals surface area contributed by atoms with Gasteiger partial charge in [0.2, 0.25) is 0 Å². The van der Waals surface area contributed by atoms with Crippen LogP contribution in [0.25, 0.3) is 0 Å². The first kappa shape index (κ1) is 10.2. The largest absolute Gasteiger partial charge is 0.501 e. The summed E-state index contributed by atoms with van der Waals surface area (Å²) in [6.45, 7) is 2.85. The Morgan fingerprint density at radius 1 is 1.53 bits per heavy atom. The monoisotopic (exact) mass is 204 g/mol. The van der Waals surface area contributed by atoms with Gasteiger partial charge >= 0.3 is 0 Å². The Morgan fingerprint density at radius 3 is 3.07 bits per heavy atom. The average Bonchev–Trinajstić information content (AvgIpc) is 2.29. The van der Waals surface area contributed by atoms with Gasteiger partial charge in [-0.05, 0) is 43.0 Å². The van der Waals surface area contributed by atoms with Crippen LogP contribution in [0.1, 0.15) is 30.1 Å². The lowest BCUT2D eigenvalue weighted by Gasteiger charge is -2.19. The molecule has 0 radical (unpaired) electrons. The molecule has 0 saturated heterocycles. The number of rotatable bonds is 2. The zero-order valence-corrected chi connectivity index (χ0v) is 8.94. The van der Waals surface area contributed by atoms with Crippen molar-refractivity contribution in [2.75, 3.05) is 6.61 Å². The number of aromatic nitrogens is 1. The van der Waals surface area contributed by atoms with Crippen molar-refractivity contribution >= 4 is 0 Å². The number of nitrogens with two attached hydrogens (primary N) is 1. The molecule has 0 bridgehead atoms. The number of nitrogens with zero attached hydrogens (tertiary/aromatic N) is 1. The molecule has 2 N–H and O–H groups in total. The van der Waals surface area contributed by atoms with E-state index in [-0.39, 0.29) is 6.04 Å². The first-order chi connectivity index (χ1) is 7.27. The van der Waals surface area contributed by atoms with E-state index < -0.39 is 0 Å². The van der Waals surface area contributed by atoms with Gasteiger partial charge in [-0.15, -0.1) is 0 Å². The van der Waals surface area contributed by atoms with E-state index in [2.05, 4.69) is 4.98 Å². The molecule has 0 spiro atoms. The number of hydrogen-bond donors (Lipinski definition) is 1. The molecule has 1 aromatic rings. The lowest BCUT2D eigenvalue weighted by molar-refractivity contribution is 0.221. The number of hydrogen-bond acceptors (Lipinski definition) is 3. The summed E-state index contributed by atoms with van der Waals surface area (Å²) in [5.41, 5.74) is 9.38. The second-order valence-corrected chi connectivity index (χ2v) is 3.90. The summed E-state index contributed by atoms with van der Waals surface area (Å²) in [4.78, 5) is 4.29. The fourth-order valence-electron chi connectivity index (χ4n) is 1.73. The van der Waals surface area contributed by atoms with E-state index in [1.165, 1.54) is 5.56 Å². The van der Waals surface area contributed by atoms with Crippen molar-refractivity contribution < 1.29 is 4.74 Å². The lowest BCUT2D eigenvalue weighted by atomic mass is 9.99. The number of aryl methyl sites for hydroxylation is 1. The van der Waals surface area contributed by atoms with E-state index in [1.807, 2.05) is 19.1 Å². The summed E-state index contributed by atoms with van der Waals surface area (Å²) >= 11 is 0. The third-order valence-corrected chi connectivity index (χ3v) is 2.62. The Labute approximate surface area is 90.0 Å². The predicted octanol–water partition coefficient (Wildman–Crippen LogP) is 2.08. The van der Waals surface area contributed by atoms with Gasteiger partial charge in [0.15, 0.2) is 0 Å². The molecule has 1 aliphatic heterocycles. The van der Waals surface area contributed by atoms with Gasteiger partial charge in [0.1, 0.15) is 0 Å². The third-order valence-electron chi connectivity index (χ3n) is 2.62. The van der Waals surface area contributed by atoms with Crippen LogP contribution in [0.3, 0.4) is 0 Å². The van der Waals surface area contributed by atoms with Gasteiger partial charge in [-0.1, -0.05) is 0 Å². The molecule has 3 heteroatoms. The quantitative estimate of drug-likeness (QED) is 0.802. The van der Waals surface area contributed by atoms with Gasteiger partial charge in [-0.25, -0.2) is 0 Å². The highest BCUT2D eigenvalue weighted by atomic mass is 16.5. The summed E-state index contributed by atoms with van der Waals surface area (Å²) in [6, 6.07) is 3.88. The molecular weight excluding hydrogens is 188 g/mol. The Bertz CT molecular complexity index is 374. The first-order valence-electron chi connectivity index (χ1n) is 5.26. The van der Waals surface area contributed by atoms with E-state index in [4.69, 9.17) is 10.5 Å². The van der Waals surface area contributed by atoms with Gasteiger partial charge in [-0.2, -0.15) is 0 Å². The maximum Gasteiger partial charge on any atom is 0.0876 e. The van der Waals surface area contributed by atoms with Crippen LogP contribution in [0, 0.1) is 6.92 Å². The minimum atomic E-state index is -0.120. The maximum atomic E-state index is 6.13. The number of ether oxygens (including phenoxy) is 1. The van der Waals surface area contributed by atoms with Crippen molar-refractivity contribution in [3.05, 3.63) is 41.4 Å². The zero-order chi connectivity index (χ0) is 10.7. The Hall–Kier alpha value is -1.35. The average molecular weight is 204 g/mol. The second-order valence-electron chi connectivity index (χ2n) is 3.90. The van der Waals surface area contributed by atoms with Crippen molar-refractivity contribution in [2.45, 2.75) is 25.8 Å². The number of pyridine rings is 1. The van der Waals surface area contributed by atoms with Crippen LogP contribution in [0.15, 0.2) is 30.2 Å². The van der Waals surface area contributed by atoms with Crippen LogP contribution in [0.5, 0.6) is 0 Å². The summed E-state index contributed by atoms with van der Waals surface area (Å²) < 4.78 is 5.29. The van der Waals surface area contributed by atoms with E-state index in [0.29, 0.717) is 0 Å². The smallest absolute Gasteiger partial charge is 0.0876 e. The molecule has 1 aliphatic rings. The van der Waals surface area contributed by atoms with Crippen LogP contribution >= 0.6 is 0 Å². The molecule has 1 unspecified atom stereocenters. The highest BCUT2D eigenvalue weighted by molar-refractivity contribution is 5.24. The van der Waals surface area contributed by atoms with Crippen molar-refractivity contribution in [3.8, 4) is 0 Å². The molecule has 15 heavy (non-hydrogen) atoms. The van der Waals surface area contributed by atoms with E-state index in [9.17, 15) is 0 Å². The summed E-state index contributed by atoms with van der Waals surface area (Å²) in [7, 11) is 0. The fourth-order valence-corrected chi connectivity index (χ4v) is 1.73. The molecule has 80 valence electrons. The molecule has 1 aromatic heterocycles. The maximum absolute atomic E-state index is 6.13. The molecule has 0 aliphatic carbocycles. The van der Waals surface area contributed by atoms with E-state index >= 15 is 0 Å². The predicted molar refractivity (Wildman–Crippen MR) is 59.2 cm³/mol. The first-order valence-corrected chi connectivity index (χ1v) is 5.26. The van der Waals surface area contributed by atoms with Gasteiger partial charge < -0.3 is 10.5 Å². The van der Waals surface area contributed by atoms with Crippen LogP contribution in [-0.4, -0.2) is 11.6 Å². The zero-order valence-electron chi connectivity index (χ0n) is 8.94. The van der Waals surface area contributed by atoms with E-state index in [1.54, 1.807) is 12.5 Å². The SMILES string of the molecule is Cc1ccnc(C(N)C2=COCCC2)c1. The molecule has 0 saturated carbocycles. The summed E-state index contributed by atoms with van der Waals surface area (Å²) in [5.74, 6) is 0. The van der Waals surface area contributed by atoms with Crippen LogP contribution < -0.4 is 5.73 Å². The highest BCUT2D eigenvalue weighted by Gasteiger charge is 2.15. The molecule has 0 aromatic carbocycles. The van der Waals surface area contributed by atoms with Crippen molar-refractivity contribution in [1.82, 2.24) is 4.98 Å². The molecule has 0 amide bonds. The fraction of sp³-hybridized carbons (Fsp3) is 0.417. The molecule has 2 rings (SSSR count). The molecule has 0 fully saturated rings. The molecule has 2 heterocycles. The van der Waals surface area contributed by atoms with Crippen LogP contribution in [0.2, 0.25) is 0 Å². The standard InChI is InChI=1S/C12H16N2O/c1-9-4-5-14-11(7-9)12(13)10-3-2-6-15-8-10/h4-5,7-8,12H,2-3,6,13H2,1H3. The minimum absolute atomic E-state index is 0.120. The van der Waals surface area contributed by atoms with Crippen molar-refractivity contribution in [2.24, 2.45) is 5.73 Å². The van der Waals surface area contributed by atoms with Crippen molar-refractivity contribution in [3.63, 3.8) is 0 Å². The van der Waals surface area contributed by atoms with Gasteiger partial charge in [-0.3, -0.25) is 4.98 Å². The van der Waals surface area contributed by atoms with E-state index in [0.717, 1.165) is 30.7 Å².